The Balaban J connectivity index is 2.03. The summed E-state index contributed by atoms with van der Waals surface area (Å²) in [6.07, 6.45) is 0. The van der Waals surface area contributed by atoms with Crippen molar-refractivity contribution in [3.63, 3.8) is 0 Å². The molecule has 0 spiro atoms. The number of benzene rings is 1. The Morgan fingerprint density at radius 3 is 2.63 bits per heavy atom. The van der Waals surface area contributed by atoms with Crippen molar-refractivity contribution in [2.45, 2.75) is 6.92 Å². The van der Waals surface area contributed by atoms with E-state index < -0.39 is 0 Å². The van der Waals surface area contributed by atoms with E-state index in [4.69, 9.17) is 10.3 Å². The molecule has 0 radical (unpaired) electrons. The van der Waals surface area contributed by atoms with Crippen LogP contribution < -0.4 is 5.73 Å². The molecule has 2 aromatic heterocycles. The van der Waals surface area contributed by atoms with Crippen molar-refractivity contribution >= 4 is 5.69 Å². The van der Waals surface area contributed by atoms with Crippen LogP contribution in [0.4, 0.5) is 5.69 Å². The number of anilines is 1. The van der Waals surface area contributed by atoms with Crippen molar-refractivity contribution in [1.82, 2.24) is 15.1 Å². The van der Waals surface area contributed by atoms with E-state index in [-0.39, 0.29) is 0 Å². The predicted molar refractivity (Wildman–Crippen MR) is 72.1 cm³/mol. The van der Waals surface area contributed by atoms with Crippen LogP contribution >= 0.6 is 0 Å². The van der Waals surface area contributed by atoms with Gasteiger partial charge in [0, 0.05) is 16.9 Å². The normalized spacial score (nSPS) is 10.6. The van der Waals surface area contributed by atoms with Crippen molar-refractivity contribution in [2.24, 2.45) is 0 Å². The second-order valence-electron chi connectivity index (χ2n) is 4.17. The quantitative estimate of drug-likeness (QED) is 0.709. The Labute approximate surface area is 110 Å². The third kappa shape index (κ3) is 2.18. The van der Waals surface area contributed by atoms with E-state index in [0.717, 1.165) is 11.3 Å². The molecule has 0 aliphatic heterocycles. The number of nitrogen functional groups attached to an aromatic ring is 1. The van der Waals surface area contributed by atoms with Crippen LogP contribution in [-0.4, -0.2) is 15.1 Å². The summed E-state index contributed by atoms with van der Waals surface area (Å²) in [5.74, 6) is 0.860. The fourth-order valence-corrected chi connectivity index (χ4v) is 1.80. The summed E-state index contributed by atoms with van der Waals surface area (Å²) in [6.45, 7) is 1.91. The van der Waals surface area contributed by atoms with Gasteiger partial charge in [0.25, 0.3) is 5.89 Å². The lowest BCUT2D eigenvalue weighted by molar-refractivity contribution is 0.431. The molecule has 5 heteroatoms. The van der Waals surface area contributed by atoms with Gasteiger partial charge in [-0.25, -0.2) is 4.98 Å². The lowest BCUT2D eigenvalue weighted by Gasteiger charge is -1.98. The Bertz CT molecular complexity index is 721. The molecule has 0 saturated carbocycles. The van der Waals surface area contributed by atoms with Gasteiger partial charge in [0.05, 0.1) is 0 Å². The van der Waals surface area contributed by atoms with Gasteiger partial charge in [0.15, 0.2) is 0 Å². The molecule has 0 unspecified atom stereocenters. The summed E-state index contributed by atoms with van der Waals surface area (Å²) in [5.41, 5.74) is 8.82. The minimum Gasteiger partial charge on any atom is -0.398 e. The molecule has 0 bridgehead atoms. The first kappa shape index (κ1) is 11.4. The number of aryl methyl sites for hydroxylation is 1. The number of nitrogens with two attached hydrogens (primary N) is 1. The molecular weight excluding hydrogens is 240 g/mol. The zero-order chi connectivity index (χ0) is 13.2. The maximum absolute atomic E-state index is 5.89. The summed E-state index contributed by atoms with van der Waals surface area (Å²) < 4.78 is 5.24. The zero-order valence-electron chi connectivity index (χ0n) is 10.4. The molecule has 2 heterocycles. The van der Waals surface area contributed by atoms with Crippen LogP contribution in [0.3, 0.4) is 0 Å². The third-order valence-electron chi connectivity index (χ3n) is 2.74. The van der Waals surface area contributed by atoms with Crippen LogP contribution in [-0.2, 0) is 0 Å². The van der Waals surface area contributed by atoms with Crippen LogP contribution in [0, 0.1) is 6.92 Å². The number of rotatable bonds is 2. The van der Waals surface area contributed by atoms with E-state index in [1.54, 1.807) is 6.07 Å². The summed E-state index contributed by atoms with van der Waals surface area (Å²) in [6, 6.07) is 13.0. The van der Waals surface area contributed by atoms with E-state index in [1.165, 1.54) is 0 Å². The van der Waals surface area contributed by atoms with Crippen LogP contribution in [0.2, 0.25) is 0 Å². The number of hydrogen-bond donors (Lipinski definition) is 1. The van der Waals surface area contributed by atoms with Crippen molar-refractivity contribution in [1.29, 1.82) is 0 Å². The Hall–Kier alpha value is -2.69. The van der Waals surface area contributed by atoms with Gasteiger partial charge < -0.3 is 10.3 Å². The first-order chi connectivity index (χ1) is 9.24. The van der Waals surface area contributed by atoms with Crippen molar-refractivity contribution in [2.75, 3.05) is 5.73 Å². The lowest BCUT2D eigenvalue weighted by atomic mass is 10.2. The van der Waals surface area contributed by atoms with Gasteiger partial charge >= 0.3 is 0 Å². The Morgan fingerprint density at radius 1 is 1.00 bits per heavy atom. The Kier molecular flexibility index (Phi) is 2.72. The average molecular weight is 252 g/mol. The molecule has 2 N–H and O–H groups in total. The van der Waals surface area contributed by atoms with Gasteiger partial charge in [-0.2, -0.15) is 4.98 Å². The third-order valence-corrected chi connectivity index (χ3v) is 2.74. The summed E-state index contributed by atoms with van der Waals surface area (Å²) >= 11 is 0. The average Bonchev–Trinajstić information content (AvgIpc) is 2.89. The fourth-order valence-electron chi connectivity index (χ4n) is 1.80. The molecule has 94 valence electrons. The minimum absolute atomic E-state index is 0.391. The van der Waals surface area contributed by atoms with E-state index in [1.807, 2.05) is 43.3 Å². The highest BCUT2D eigenvalue weighted by molar-refractivity contribution is 5.71. The fraction of sp³-hybridized carbons (Fsp3) is 0.0714. The van der Waals surface area contributed by atoms with Crippen molar-refractivity contribution < 1.29 is 4.52 Å². The molecule has 0 aliphatic carbocycles. The number of hydrogen-bond acceptors (Lipinski definition) is 5. The topological polar surface area (TPSA) is 77.8 Å². The van der Waals surface area contributed by atoms with Crippen LogP contribution in [0.25, 0.3) is 23.0 Å². The predicted octanol–water partition coefficient (Wildman–Crippen LogP) is 2.69. The highest BCUT2D eigenvalue weighted by Crippen LogP contribution is 2.25. The second kappa shape index (κ2) is 4.53. The monoisotopic (exact) mass is 252 g/mol. The molecule has 0 amide bonds. The van der Waals surface area contributed by atoms with Gasteiger partial charge in [-0.3, -0.25) is 0 Å². The van der Waals surface area contributed by atoms with Gasteiger partial charge in [0.1, 0.15) is 5.69 Å². The minimum atomic E-state index is 0.391. The standard InChI is InChI=1S/C14H12N4O/c1-9-5-4-8-12(16-9)14-17-13(18-19-14)10-6-2-3-7-11(10)15/h2-8H,15H2,1H3. The van der Waals surface area contributed by atoms with E-state index in [0.29, 0.717) is 23.1 Å². The molecule has 5 nitrogen and oxygen atoms in total. The molecule has 0 saturated heterocycles. The molecule has 3 rings (SSSR count). The number of nitrogens with zero attached hydrogens (tertiary/aromatic N) is 3. The van der Waals surface area contributed by atoms with Crippen molar-refractivity contribution in [3.8, 4) is 23.0 Å². The molecule has 0 atom stereocenters. The summed E-state index contributed by atoms with van der Waals surface area (Å²) in [7, 11) is 0. The van der Waals surface area contributed by atoms with Crippen molar-refractivity contribution in [3.05, 3.63) is 48.2 Å². The van der Waals surface area contributed by atoms with Crippen LogP contribution in [0.1, 0.15) is 5.69 Å². The molecule has 1 aromatic carbocycles. The first-order valence-electron chi connectivity index (χ1n) is 5.86. The largest absolute Gasteiger partial charge is 0.398 e. The number of pyridine rings is 1. The molecule has 19 heavy (non-hydrogen) atoms. The highest BCUT2D eigenvalue weighted by atomic mass is 16.5. The van der Waals surface area contributed by atoms with Crippen LogP contribution in [0.15, 0.2) is 47.0 Å². The lowest BCUT2D eigenvalue weighted by Crippen LogP contribution is -1.91. The summed E-state index contributed by atoms with van der Waals surface area (Å²) in [4.78, 5) is 8.68. The van der Waals surface area contributed by atoms with E-state index in [9.17, 15) is 0 Å². The molecule has 0 aliphatic rings. The smallest absolute Gasteiger partial charge is 0.276 e. The first-order valence-corrected chi connectivity index (χ1v) is 5.86. The summed E-state index contributed by atoms with van der Waals surface area (Å²) in [5, 5.41) is 3.95. The van der Waals surface area contributed by atoms with Gasteiger partial charge in [0.2, 0.25) is 5.82 Å². The second-order valence-corrected chi connectivity index (χ2v) is 4.17. The maximum atomic E-state index is 5.89. The number of para-hydroxylation sites is 1. The number of aromatic nitrogens is 3. The SMILES string of the molecule is Cc1cccc(-c2nc(-c3ccccc3N)no2)n1. The Morgan fingerprint density at radius 2 is 1.84 bits per heavy atom. The highest BCUT2D eigenvalue weighted by Gasteiger charge is 2.13. The van der Waals surface area contributed by atoms with Gasteiger partial charge in [-0.05, 0) is 31.2 Å². The molecular formula is C14H12N4O. The van der Waals surface area contributed by atoms with E-state index in [2.05, 4.69) is 15.1 Å². The van der Waals surface area contributed by atoms with Crippen LogP contribution in [0.5, 0.6) is 0 Å². The zero-order valence-corrected chi connectivity index (χ0v) is 10.4. The molecule has 3 aromatic rings. The maximum Gasteiger partial charge on any atom is 0.276 e. The molecule has 0 fully saturated rings. The van der Waals surface area contributed by atoms with Gasteiger partial charge in [-0.1, -0.05) is 23.4 Å². The van der Waals surface area contributed by atoms with E-state index >= 15 is 0 Å². The van der Waals surface area contributed by atoms with Gasteiger partial charge in [-0.15, -0.1) is 0 Å².